The quantitative estimate of drug-likeness (QED) is 0.581. The fraction of sp³-hybridized carbons (Fsp3) is 0.583. The molecule has 1 fully saturated rings. The standard InChI is InChI=1S/C12H16BClFNO2/c1-7-9(8(15)6-16-10(7)14)13-17-11(2,3)12(4,5)18-13/h6H,1-5H3. The highest BCUT2D eigenvalue weighted by Gasteiger charge is 2.53. The van der Waals surface area contributed by atoms with Gasteiger partial charge in [-0.15, -0.1) is 0 Å². The molecule has 0 spiro atoms. The summed E-state index contributed by atoms with van der Waals surface area (Å²) < 4.78 is 25.5. The molecule has 2 heterocycles. The van der Waals surface area contributed by atoms with Gasteiger partial charge in [0, 0.05) is 5.46 Å². The lowest BCUT2D eigenvalue weighted by Crippen LogP contribution is -2.41. The van der Waals surface area contributed by atoms with Gasteiger partial charge in [-0.05, 0) is 40.2 Å². The molecule has 0 atom stereocenters. The van der Waals surface area contributed by atoms with Crippen LogP contribution >= 0.6 is 11.6 Å². The molecule has 1 aromatic rings. The summed E-state index contributed by atoms with van der Waals surface area (Å²) in [7, 11) is -0.754. The predicted octanol–water partition coefficient (Wildman–Crippen LogP) is 2.48. The minimum atomic E-state index is -0.754. The van der Waals surface area contributed by atoms with Gasteiger partial charge in [0.1, 0.15) is 11.0 Å². The van der Waals surface area contributed by atoms with Crippen LogP contribution in [0.15, 0.2) is 6.20 Å². The molecule has 1 aliphatic rings. The summed E-state index contributed by atoms with van der Waals surface area (Å²) in [5.41, 5.74) is -0.137. The first kappa shape index (κ1) is 13.8. The predicted molar refractivity (Wildman–Crippen MR) is 69.7 cm³/mol. The highest BCUT2D eigenvalue weighted by atomic mass is 35.5. The maximum Gasteiger partial charge on any atom is 0.498 e. The summed E-state index contributed by atoms with van der Waals surface area (Å²) in [6, 6.07) is 0. The topological polar surface area (TPSA) is 31.4 Å². The Hall–Kier alpha value is -0.645. The van der Waals surface area contributed by atoms with Crippen LogP contribution in [0.2, 0.25) is 5.15 Å². The second kappa shape index (κ2) is 4.18. The summed E-state index contributed by atoms with van der Waals surface area (Å²) in [5, 5.41) is 0.265. The molecule has 18 heavy (non-hydrogen) atoms. The SMILES string of the molecule is Cc1c(Cl)ncc(F)c1B1OC(C)(C)C(C)(C)O1. The highest BCUT2D eigenvalue weighted by molar-refractivity contribution is 6.63. The first-order valence-corrected chi connectivity index (χ1v) is 6.19. The van der Waals surface area contributed by atoms with Gasteiger partial charge in [-0.25, -0.2) is 9.37 Å². The molecule has 0 radical (unpaired) electrons. The van der Waals surface area contributed by atoms with E-state index >= 15 is 0 Å². The van der Waals surface area contributed by atoms with Gasteiger partial charge in [0.05, 0.1) is 17.4 Å². The van der Waals surface area contributed by atoms with Crippen LogP contribution in [0.25, 0.3) is 0 Å². The lowest BCUT2D eigenvalue weighted by atomic mass is 9.76. The van der Waals surface area contributed by atoms with Gasteiger partial charge in [-0.1, -0.05) is 11.6 Å². The third kappa shape index (κ3) is 2.04. The Morgan fingerprint density at radius 1 is 1.22 bits per heavy atom. The van der Waals surface area contributed by atoms with Crippen LogP contribution in [0, 0.1) is 12.7 Å². The Bertz CT molecular complexity index is 477. The summed E-state index contributed by atoms with van der Waals surface area (Å²) >= 11 is 5.92. The molecular formula is C12H16BClFNO2. The van der Waals surface area contributed by atoms with Crippen molar-refractivity contribution in [2.75, 3.05) is 0 Å². The molecule has 0 N–H and O–H groups in total. The molecule has 6 heteroatoms. The van der Waals surface area contributed by atoms with Crippen molar-refractivity contribution in [2.24, 2.45) is 0 Å². The number of rotatable bonds is 1. The van der Waals surface area contributed by atoms with Crippen molar-refractivity contribution in [1.29, 1.82) is 0 Å². The van der Waals surface area contributed by atoms with Crippen molar-refractivity contribution in [1.82, 2.24) is 4.98 Å². The van der Waals surface area contributed by atoms with E-state index in [1.807, 2.05) is 27.7 Å². The van der Waals surface area contributed by atoms with E-state index in [1.165, 1.54) is 0 Å². The van der Waals surface area contributed by atoms with E-state index in [0.717, 1.165) is 6.20 Å². The average molecular weight is 272 g/mol. The van der Waals surface area contributed by atoms with Crippen molar-refractivity contribution in [2.45, 2.75) is 45.8 Å². The molecular weight excluding hydrogens is 255 g/mol. The summed E-state index contributed by atoms with van der Waals surface area (Å²) in [4.78, 5) is 3.76. The summed E-state index contributed by atoms with van der Waals surface area (Å²) in [5.74, 6) is -0.463. The number of aromatic nitrogens is 1. The van der Waals surface area contributed by atoms with Gasteiger partial charge in [0.15, 0.2) is 0 Å². The zero-order valence-corrected chi connectivity index (χ0v) is 11.9. The zero-order valence-electron chi connectivity index (χ0n) is 11.2. The summed E-state index contributed by atoms with van der Waals surface area (Å²) in [6.07, 6.45) is 1.09. The number of hydrogen-bond donors (Lipinski definition) is 0. The van der Waals surface area contributed by atoms with Crippen LogP contribution in [0.1, 0.15) is 33.3 Å². The van der Waals surface area contributed by atoms with Gasteiger partial charge < -0.3 is 9.31 Å². The van der Waals surface area contributed by atoms with E-state index in [4.69, 9.17) is 20.9 Å². The van der Waals surface area contributed by atoms with Gasteiger partial charge in [0.25, 0.3) is 0 Å². The van der Waals surface area contributed by atoms with E-state index in [0.29, 0.717) is 11.0 Å². The Balaban J connectivity index is 2.44. The summed E-state index contributed by atoms with van der Waals surface area (Å²) in [6.45, 7) is 9.39. The van der Waals surface area contributed by atoms with Crippen molar-refractivity contribution in [3.8, 4) is 0 Å². The number of hydrogen-bond acceptors (Lipinski definition) is 3. The minimum absolute atomic E-state index is 0.265. The lowest BCUT2D eigenvalue weighted by Gasteiger charge is -2.32. The molecule has 1 saturated heterocycles. The molecule has 0 saturated carbocycles. The van der Waals surface area contributed by atoms with Crippen LogP contribution in [-0.2, 0) is 9.31 Å². The van der Waals surface area contributed by atoms with Crippen LogP contribution in [-0.4, -0.2) is 23.3 Å². The van der Waals surface area contributed by atoms with Crippen LogP contribution in [0.4, 0.5) is 4.39 Å². The maximum atomic E-state index is 13.9. The number of pyridine rings is 1. The Morgan fingerprint density at radius 2 is 1.72 bits per heavy atom. The second-order valence-corrected chi connectivity index (χ2v) is 5.88. The van der Waals surface area contributed by atoms with Crippen LogP contribution < -0.4 is 5.46 Å². The number of halogens is 2. The van der Waals surface area contributed by atoms with Gasteiger partial charge in [0.2, 0.25) is 0 Å². The van der Waals surface area contributed by atoms with Crippen molar-refractivity contribution < 1.29 is 13.7 Å². The van der Waals surface area contributed by atoms with E-state index in [2.05, 4.69) is 4.98 Å². The van der Waals surface area contributed by atoms with Crippen LogP contribution in [0.5, 0.6) is 0 Å². The van der Waals surface area contributed by atoms with Gasteiger partial charge in [-0.2, -0.15) is 0 Å². The largest absolute Gasteiger partial charge is 0.498 e. The van der Waals surface area contributed by atoms with Crippen LogP contribution in [0.3, 0.4) is 0 Å². The smallest absolute Gasteiger partial charge is 0.399 e. The third-order valence-electron chi connectivity index (χ3n) is 3.75. The maximum absolute atomic E-state index is 13.9. The Kier molecular flexibility index (Phi) is 3.20. The first-order chi connectivity index (χ1) is 8.16. The fourth-order valence-electron chi connectivity index (χ4n) is 1.82. The van der Waals surface area contributed by atoms with E-state index in [9.17, 15) is 4.39 Å². The van der Waals surface area contributed by atoms with Crippen molar-refractivity contribution in [3.63, 3.8) is 0 Å². The highest BCUT2D eigenvalue weighted by Crippen LogP contribution is 2.37. The first-order valence-electron chi connectivity index (χ1n) is 5.82. The van der Waals surface area contributed by atoms with Crippen molar-refractivity contribution in [3.05, 3.63) is 22.7 Å². The Labute approximate surface area is 112 Å². The molecule has 0 unspecified atom stereocenters. The molecule has 98 valence electrons. The molecule has 2 rings (SSSR count). The molecule has 0 bridgehead atoms. The average Bonchev–Trinajstić information content (AvgIpc) is 2.43. The Morgan fingerprint density at radius 3 is 2.22 bits per heavy atom. The molecule has 1 aromatic heterocycles. The van der Waals surface area contributed by atoms with Gasteiger partial charge in [-0.3, -0.25) is 0 Å². The van der Waals surface area contributed by atoms with Crippen molar-refractivity contribution >= 4 is 24.2 Å². The molecule has 0 amide bonds. The minimum Gasteiger partial charge on any atom is -0.399 e. The zero-order chi connectivity index (χ0) is 13.7. The molecule has 1 aliphatic heterocycles. The van der Waals surface area contributed by atoms with Gasteiger partial charge >= 0.3 is 7.12 Å². The molecule has 3 nitrogen and oxygen atoms in total. The molecule has 0 aromatic carbocycles. The number of nitrogens with zero attached hydrogens (tertiary/aromatic N) is 1. The van der Waals surface area contributed by atoms with E-state index in [1.54, 1.807) is 6.92 Å². The third-order valence-corrected chi connectivity index (χ3v) is 4.13. The fourth-order valence-corrected chi connectivity index (χ4v) is 1.97. The van der Waals surface area contributed by atoms with E-state index in [-0.39, 0.29) is 5.15 Å². The van der Waals surface area contributed by atoms with E-state index < -0.39 is 24.1 Å². The normalized spacial score (nSPS) is 21.4. The second-order valence-electron chi connectivity index (χ2n) is 5.52. The molecule has 0 aliphatic carbocycles. The monoisotopic (exact) mass is 271 g/mol. The lowest BCUT2D eigenvalue weighted by molar-refractivity contribution is 0.00578.